The molecule has 0 saturated heterocycles. The zero-order chi connectivity index (χ0) is 11.1. The summed E-state index contributed by atoms with van der Waals surface area (Å²) in [7, 11) is 0. The molecule has 1 heterocycles. The number of aryl methyl sites for hydroxylation is 1. The first-order valence-electron chi connectivity index (χ1n) is 5.04. The molecule has 15 heavy (non-hydrogen) atoms. The molecule has 1 aromatic heterocycles. The van der Waals surface area contributed by atoms with E-state index in [-0.39, 0.29) is 6.61 Å². The number of ether oxygens (including phenoxy) is 1. The highest BCUT2D eigenvalue weighted by Gasteiger charge is 2.12. The lowest BCUT2D eigenvalue weighted by atomic mass is 10.3. The standard InChI is InChI=1S/C9H17N3O3/c1-2-14-5-3-4-8-11-9(12-15-8)7(10)6-13/h7,13H,2-6,10H2,1H3. The third-order valence-corrected chi connectivity index (χ3v) is 1.90. The molecule has 0 fully saturated rings. The molecule has 1 unspecified atom stereocenters. The highest BCUT2D eigenvalue weighted by molar-refractivity contribution is 4.92. The molecule has 6 heteroatoms. The minimum absolute atomic E-state index is 0.183. The van der Waals surface area contributed by atoms with Crippen LogP contribution in [0.2, 0.25) is 0 Å². The van der Waals surface area contributed by atoms with Crippen LogP contribution in [0.3, 0.4) is 0 Å². The summed E-state index contributed by atoms with van der Waals surface area (Å²) in [6.45, 7) is 3.16. The fourth-order valence-corrected chi connectivity index (χ4v) is 1.07. The van der Waals surface area contributed by atoms with Gasteiger partial charge in [0.1, 0.15) is 0 Å². The van der Waals surface area contributed by atoms with Crippen molar-refractivity contribution in [2.24, 2.45) is 5.73 Å². The summed E-state index contributed by atoms with van der Waals surface area (Å²) in [6.07, 6.45) is 1.51. The highest BCUT2D eigenvalue weighted by Crippen LogP contribution is 2.06. The van der Waals surface area contributed by atoms with Crippen LogP contribution in [0, 0.1) is 0 Å². The fraction of sp³-hybridized carbons (Fsp3) is 0.778. The second kappa shape index (κ2) is 6.49. The molecule has 1 aromatic rings. The van der Waals surface area contributed by atoms with E-state index in [0.29, 0.717) is 31.3 Å². The maximum Gasteiger partial charge on any atom is 0.226 e. The summed E-state index contributed by atoms with van der Waals surface area (Å²) >= 11 is 0. The minimum Gasteiger partial charge on any atom is -0.394 e. The van der Waals surface area contributed by atoms with Crippen LogP contribution in [0.15, 0.2) is 4.52 Å². The first-order chi connectivity index (χ1) is 7.27. The predicted molar refractivity (Wildman–Crippen MR) is 53.1 cm³/mol. The minimum atomic E-state index is -0.561. The van der Waals surface area contributed by atoms with Gasteiger partial charge in [-0.05, 0) is 13.3 Å². The number of aromatic nitrogens is 2. The summed E-state index contributed by atoms with van der Waals surface area (Å²) < 4.78 is 10.1. The molecule has 0 aliphatic carbocycles. The van der Waals surface area contributed by atoms with Crippen molar-refractivity contribution in [2.45, 2.75) is 25.8 Å². The number of nitrogens with two attached hydrogens (primary N) is 1. The zero-order valence-corrected chi connectivity index (χ0v) is 8.85. The van der Waals surface area contributed by atoms with E-state index in [1.54, 1.807) is 0 Å². The summed E-state index contributed by atoms with van der Waals surface area (Å²) in [6, 6.07) is -0.561. The van der Waals surface area contributed by atoms with Gasteiger partial charge in [0.15, 0.2) is 5.82 Å². The molecule has 1 atom stereocenters. The van der Waals surface area contributed by atoms with E-state index in [0.717, 1.165) is 6.42 Å². The van der Waals surface area contributed by atoms with Crippen LogP contribution in [0.25, 0.3) is 0 Å². The monoisotopic (exact) mass is 215 g/mol. The van der Waals surface area contributed by atoms with Crippen molar-refractivity contribution >= 4 is 0 Å². The van der Waals surface area contributed by atoms with Crippen molar-refractivity contribution in [3.05, 3.63) is 11.7 Å². The van der Waals surface area contributed by atoms with E-state index in [9.17, 15) is 0 Å². The molecule has 0 radical (unpaired) electrons. The van der Waals surface area contributed by atoms with Gasteiger partial charge in [-0.2, -0.15) is 4.98 Å². The Labute approximate surface area is 88.4 Å². The van der Waals surface area contributed by atoms with Gasteiger partial charge in [-0.25, -0.2) is 0 Å². The first kappa shape index (κ1) is 12.1. The number of aliphatic hydroxyl groups is 1. The quantitative estimate of drug-likeness (QED) is 0.623. The molecule has 6 nitrogen and oxygen atoms in total. The largest absolute Gasteiger partial charge is 0.394 e. The molecular weight excluding hydrogens is 198 g/mol. The second-order valence-electron chi connectivity index (χ2n) is 3.14. The van der Waals surface area contributed by atoms with Gasteiger partial charge in [0.2, 0.25) is 5.89 Å². The maximum absolute atomic E-state index is 8.78. The highest BCUT2D eigenvalue weighted by atomic mass is 16.5. The van der Waals surface area contributed by atoms with Gasteiger partial charge in [0.05, 0.1) is 12.6 Å². The van der Waals surface area contributed by atoms with Crippen LogP contribution in [-0.4, -0.2) is 35.1 Å². The number of aliphatic hydroxyl groups excluding tert-OH is 1. The van der Waals surface area contributed by atoms with E-state index in [1.807, 2.05) is 6.92 Å². The molecule has 0 aliphatic rings. The van der Waals surface area contributed by atoms with Gasteiger partial charge >= 0.3 is 0 Å². The Morgan fingerprint density at radius 1 is 1.60 bits per heavy atom. The van der Waals surface area contributed by atoms with Crippen molar-refractivity contribution in [1.29, 1.82) is 0 Å². The molecule has 0 amide bonds. The Kier molecular flexibility index (Phi) is 5.23. The second-order valence-corrected chi connectivity index (χ2v) is 3.14. The van der Waals surface area contributed by atoms with Crippen molar-refractivity contribution in [3.8, 4) is 0 Å². The maximum atomic E-state index is 8.78. The van der Waals surface area contributed by atoms with Gasteiger partial charge in [-0.3, -0.25) is 0 Å². The normalized spacial score (nSPS) is 13.0. The van der Waals surface area contributed by atoms with E-state index in [4.69, 9.17) is 20.1 Å². The molecule has 0 aliphatic heterocycles. The van der Waals surface area contributed by atoms with Gasteiger partial charge in [-0.15, -0.1) is 0 Å². The van der Waals surface area contributed by atoms with Gasteiger partial charge in [-0.1, -0.05) is 5.16 Å². The number of hydrogen-bond acceptors (Lipinski definition) is 6. The third kappa shape index (κ3) is 3.94. The molecular formula is C9H17N3O3. The predicted octanol–water partition coefficient (Wildman–Crippen LogP) is 0.0308. The average Bonchev–Trinajstić information content (AvgIpc) is 2.72. The van der Waals surface area contributed by atoms with Crippen molar-refractivity contribution in [3.63, 3.8) is 0 Å². The van der Waals surface area contributed by atoms with Gasteiger partial charge in [0, 0.05) is 19.6 Å². The molecule has 0 bridgehead atoms. The lowest BCUT2D eigenvalue weighted by Crippen LogP contribution is -2.16. The zero-order valence-electron chi connectivity index (χ0n) is 8.85. The molecule has 1 rings (SSSR count). The summed E-state index contributed by atoms with van der Waals surface area (Å²) in [4.78, 5) is 4.06. The molecule has 0 spiro atoms. The Morgan fingerprint density at radius 3 is 3.07 bits per heavy atom. The van der Waals surface area contributed by atoms with Crippen molar-refractivity contribution < 1.29 is 14.4 Å². The van der Waals surface area contributed by atoms with E-state index >= 15 is 0 Å². The van der Waals surface area contributed by atoms with Crippen molar-refractivity contribution in [2.75, 3.05) is 19.8 Å². The Hall–Kier alpha value is -0.980. The average molecular weight is 215 g/mol. The van der Waals surface area contributed by atoms with Crippen LogP contribution in [0.5, 0.6) is 0 Å². The van der Waals surface area contributed by atoms with E-state index in [1.165, 1.54) is 0 Å². The SMILES string of the molecule is CCOCCCc1nc(C(N)CO)no1. The van der Waals surface area contributed by atoms with Gasteiger partial charge in [0.25, 0.3) is 0 Å². The molecule has 86 valence electrons. The summed E-state index contributed by atoms with van der Waals surface area (Å²) in [5.74, 6) is 0.887. The van der Waals surface area contributed by atoms with E-state index < -0.39 is 6.04 Å². The van der Waals surface area contributed by atoms with Crippen LogP contribution < -0.4 is 5.73 Å². The number of nitrogens with zero attached hydrogens (tertiary/aromatic N) is 2. The Bertz CT molecular complexity index is 277. The Morgan fingerprint density at radius 2 is 2.40 bits per heavy atom. The van der Waals surface area contributed by atoms with Gasteiger partial charge < -0.3 is 20.1 Å². The van der Waals surface area contributed by atoms with E-state index in [2.05, 4.69) is 10.1 Å². The Balaban J connectivity index is 2.33. The molecule has 0 saturated carbocycles. The van der Waals surface area contributed by atoms with Crippen LogP contribution in [-0.2, 0) is 11.2 Å². The van der Waals surface area contributed by atoms with Crippen LogP contribution >= 0.6 is 0 Å². The summed E-state index contributed by atoms with van der Waals surface area (Å²) in [5, 5.41) is 12.5. The topological polar surface area (TPSA) is 94.4 Å². The number of hydrogen-bond donors (Lipinski definition) is 2. The fourth-order valence-electron chi connectivity index (χ4n) is 1.07. The number of rotatable bonds is 7. The van der Waals surface area contributed by atoms with Crippen molar-refractivity contribution in [1.82, 2.24) is 10.1 Å². The third-order valence-electron chi connectivity index (χ3n) is 1.90. The summed E-state index contributed by atoms with van der Waals surface area (Å²) in [5.41, 5.74) is 5.52. The first-order valence-corrected chi connectivity index (χ1v) is 5.04. The lowest BCUT2D eigenvalue weighted by Gasteiger charge is -1.99. The smallest absolute Gasteiger partial charge is 0.226 e. The lowest BCUT2D eigenvalue weighted by molar-refractivity contribution is 0.143. The van der Waals surface area contributed by atoms with Crippen LogP contribution in [0.4, 0.5) is 0 Å². The molecule has 0 aromatic carbocycles. The molecule has 3 N–H and O–H groups in total. The van der Waals surface area contributed by atoms with Crippen LogP contribution in [0.1, 0.15) is 31.1 Å².